The van der Waals surface area contributed by atoms with Gasteiger partial charge >= 0.3 is 18.2 Å². The molecule has 0 aliphatic rings. The van der Waals surface area contributed by atoms with Gasteiger partial charge in [-0.15, -0.1) is 0 Å². The van der Waals surface area contributed by atoms with Crippen LogP contribution in [0.2, 0.25) is 0 Å². The molecule has 0 radical (unpaired) electrons. The molecule has 3 heterocycles. The fourth-order valence-corrected chi connectivity index (χ4v) is 2.68. The van der Waals surface area contributed by atoms with Crippen molar-refractivity contribution in [2.75, 3.05) is 5.32 Å². The van der Waals surface area contributed by atoms with Crippen molar-refractivity contribution in [1.29, 1.82) is 0 Å². The Morgan fingerprint density at radius 3 is 2.52 bits per heavy atom. The largest absolute Gasteiger partial charge is 0.471 e. The maximum absolute atomic E-state index is 12.6. The van der Waals surface area contributed by atoms with Crippen LogP contribution in [0.3, 0.4) is 0 Å². The van der Waals surface area contributed by atoms with Crippen LogP contribution in [0.4, 0.5) is 23.7 Å². The van der Waals surface area contributed by atoms with E-state index in [1.54, 1.807) is 0 Å². The molecule has 0 aliphatic carbocycles. The van der Waals surface area contributed by atoms with Crippen molar-refractivity contribution in [3.05, 3.63) is 47.6 Å². The number of rotatable bonds is 5. The van der Waals surface area contributed by atoms with Gasteiger partial charge in [-0.05, 0) is 25.1 Å². The van der Waals surface area contributed by atoms with E-state index in [4.69, 9.17) is 9.88 Å². The summed E-state index contributed by atoms with van der Waals surface area (Å²) in [6, 6.07) is 5.22. The number of nitrogens with zero attached hydrogens (tertiary/aromatic N) is 4. The molecule has 0 atom stereocenters. The molecule has 0 fully saturated rings. The molecule has 1 amide bonds. The average molecular weight is 458 g/mol. The van der Waals surface area contributed by atoms with Gasteiger partial charge in [0.15, 0.2) is 5.03 Å². The van der Waals surface area contributed by atoms with E-state index in [1.165, 1.54) is 37.4 Å². The summed E-state index contributed by atoms with van der Waals surface area (Å²) in [5, 5.41) is 10.3. The van der Waals surface area contributed by atoms with Crippen molar-refractivity contribution in [2.24, 2.45) is 5.14 Å². The zero-order valence-electron chi connectivity index (χ0n) is 15.5. The third-order valence-corrected chi connectivity index (χ3v) is 4.50. The van der Waals surface area contributed by atoms with Gasteiger partial charge in [-0.1, -0.05) is 11.2 Å². The fraction of sp³-hybridized carbons (Fsp3) is 0.188. The average Bonchev–Trinajstić information content (AvgIpc) is 3.18. The Morgan fingerprint density at radius 1 is 1.23 bits per heavy atom. The molecule has 0 spiro atoms. The number of hydrogen-bond acceptors (Lipinski definition) is 9. The highest BCUT2D eigenvalue weighted by molar-refractivity contribution is 7.89. The lowest BCUT2D eigenvalue weighted by Crippen LogP contribution is -2.16. The molecule has 0 saturated heterocycles. The molecule has 3 aromatic rings. The van der Waals surface area contributed by atoms with Gasteiger partial charge < -0.3 is 9.26 Å². The second-order valence-corrected chi connectivity index (χ2v) is 7.51. The molecular weight excluding hydrogens is 445 g/mol. The lowest BCUT2D eigenvalue weighted by molar-refractivity contribution is -0.159. The number of carbonyl (C=O) groups is 1. The van der Waals surface area contributed by atoms with Crippen molar-refractivity contribution >= 4 is 21.8 Å². The normalized spacial score (nSPS) is 11.9. The van der Waals surface area contributed by atoms with Crippen molar-refractivity contribution in [3.63, 3.8) is 0 Å². The van der Waals surface area contributed by atoms with Crippen LogP contribution >= 0.6 is 0 Å². The third kappa shape index (κ3) is 5.52. The summed E-state index contributed by atoms with van der Waals surface area (Å²) in [5.41, 5.74) is 0.907. The number of pyridine rings is 2. The van der Waals surface area contributed by atoms with Gasteiger partial charge in [0.2, 0.25) is 5.82 Å². The predicted molar refractivity (Wildman–Crippen MR) is 96.7 cm³/mol. The summed E-state index contributed by atoms with van der Waals surface area (Å²) in [6.07, 6.45) is -4.44. The van der Waals surface area contributed by atoms with Crippen molar-refractivity contribution in [1.82, 2.24) is 20.1 Å². The monoisotopic (exact) mass is 458 g/mol. The molecule has 0 saturated carbocycles. The van der Waals surface area contributed by atoms with Crippen LogP contribution < -0.4 is 10.5 Å². The van der Waals surface area contributed by atoms with E-state index in [-0.39, 0.29) is 34.5 Å². The molecule has 0 unspecified atom stereocenters. The molecule has 0 bridgehead atoms. The molecule has 31 heavy (non-hydrogen) atoms. The SMILES string of the molecule is Cc1nc(-c2noc(C(F)(F)F)n2)ccc1NC(=O)OCc1ccc(S(N)(=O)=O)nc1. The minimum Gasteiger partial charge on any atom is -0.444 e. The summed E-state index contributed by atoms with van der Waals surface area (Å²) in [4.78, 5) is 22.9. The zero-order chi connectivity index (χ0) is 22.8. The number of sulfonamides is 1. The van der Waals surface area contributed by atoms with Crippen LogP contribution in [-0.2, 0) is 27.5 Å². The molecule has 3 N–H and O–H groups in total. The number of ether oxygens (including phenoxy) is 1. The zero-order valence-corrected chi connectivity index (χ0v) is 16.4. The van der Waals surface area contributed by atoms with E-state index in [1.807, 2.05) is 0 Å². The quantitative estimate of drug-likeness (QED) is 0.583. The number of hydrogen-bond donors (Lipinski definition) is 2. The van der Waals surface area contributed by atoms with Crippen molar-refractivity contribution in [2.45, 2.75) is 24.7 Å². The third-order valence-electron chi connectivity index (χ3n) is 3.68. The van der Waals surface area contributed by atoms with Crippen molar-refractivity contribution in [3.8, 4) is 11.5 Å². The lowest BCUT2D eigenvalue weighted by atomic mass is 10.2. The van der Waals surface area contributed by atoms with Gasteiger partial charge in [0.05, 0.1) is 11.4 Å². The topological polar surface area (TPSA) is 163 Å². The minimum absolute atomic E-state index is 0.0108. The van der Waals surface area contributed by atoms with Gasteiger partial charge in [-0.3, -0.25) is 5.32 Å². The summed E-state index contributed by atoms with van der Waals surface area (Å²) in [6.45, 7) is 1.29. The summed E-state index contributed by atoms with van der Waals surface area (Å²) in [7, 11) is -3.93. The van der Waals surface area contributed by atoms with Gasteiger partial charge in [0.25, 0.3) is 10.0 Å². The first-order chi connectivity index (χ1) is 14.4. The molecule has 3 rings (SSSR count). The molecular formula is C16H13F3N6O5S. The maximum Gasteiger partial charge on any atom is 0.471 e. The summed E-state index contributed by atoms with van der Waals surface area (Å²) < 4.78 is 69.1. The number of amides is 1. The highest BCUT2D eigenvalue weighted by Gasteiger charge is 2.38. The molecule has 11 nitrogen and oxygen atoms in total. The maximum atomic E-state index is 12.6. The number of carbonyl (C=O) groups excluding carboxylic acids is 1. The standard InChI is InChI=1S/C16H13F3N6O5S/c1-8-10(3-4-11(22-8)13-24-14(30-25-13)16(17,18)19)23-15(26)29-7-9-2-5-12(21-6-9)31(20,27)28/h2-6H,7H2,1H3,(H,23,26)(H2,20,27,28). The van der Waals surface area contributed by atoms with Crippen LogP contribution in [0.15, 0.2) is 40.0 Å². The van der Waals surface area contributed by atoms with Gasteiger partial charge in [-0.2, -0.15) is 18.2 Å². The number of halogens is 3. The van der Waals surface area contributed by atoms with E-state index in [0.29, 0.717) is 5.56 Å². The summed E-state index contributed by atoms with van der Waals surface area (Å²) >= 11 is 0. The molecule has 164 valence electrons. The first-order valence-corrected chi connectivity index (χ1v) is 9.78. The number of nitrogens with two attached hydrogens (primary N) is 1. The number of anilines is 1. The minimum atomic E-state index is -4.78. The second-order valence-electron chi connectivity index (χ2n) is 6.00. The molecule has 0 aliphatic heterocycles. The number of nitrogens with one attached hydrogen (secondary N) is 1. The van der Waals surface area contributed by atoms with Crippen LogP contribution in [0.1, 0.15) is 17.1 Å². The van der Waals surface area contributed by atoms with E-state index in [0.717, 1.165) is 0 Å². The van der Waals surface area contributed by atoms with Gasteiger partial charge in [0, 0.05) is 11.8 Å². The first-order valence-electron chi connectivity index (χ1n) is 8.24. The highest BCUT2D eigenvalue weighted by Crippen LogP contribution is 2.29. The predicted octanol–water partition coefficient (Wildman–Crippen LogP) is 2.25. The van der Waals surface area contributed by atoms with E-state index < -0.39 is 28.2 Å². The van der Waals surface area contributed by atoms with Crippen LogP contribution in [-0.4, -0.2) is 34.6 Å². The molecule has 15 heteroatoms. The van der Waals surface area contributed by atoms with E-state index in [9.17, 15) is 26.4 Å². The van der Waals surface area contributed by atoms with Gasteiger partial charge in [-0.25, -0.2) is 28.3 Å². The molecule has 3 aromatic heterocycles. The Hall–Kier alpha value is -3.59. The molecule has 0 aromatic carbocycles. The number of alkyl halides is 3. The lowest BCUT2D eigenvalue weighted by Gasteiger charge is -2.09. The number of aromatic nitrogens is 4. The Morgan fingerprint density at radius 2 is 1.97 bits per heavy atom. The van der Waals surface area contributed by atoms with Crippen molar-refractivity contribution < 1.29 is 35.6 Å². The summed E-state index contributed by atoms with van der Waals surface area (Å²) in [5.74, 6) is -1.86. The number of primary sulfonamides is 1. The Balaban J connectivity index is 1.62. The van der Waals surface area contributed by atoms with Crippen LogP contribution in [0, 0.1) is 6.92 Å². The Bertz CT molecular complexity index is 1210. The second kappa shape index (κ2) is 8.27. The van der Waals surface area contributed by atoms with Gasteiger partial charge in [0.1, 0.15) is 12.3 Å². The van der Waals surface area contributed by atoms with E-state index in [2.05, 4.69) is 29.9 Å². The smallest absolute Gasteiger partial charge is 0.444 e. The first kappa shape index (κ1) is 22.1. The van der Waals surface area contributed by atoms with Crippen LogP contribution in [0.5, 0.6) is 0 Å². The van der Waals surface area contributed by atoms with E-state index >= 15 is 0 Å². The Labute approximate surface area is 172 Å². The highest BCUT2D eigenvalue weighted by atomic mass is 32.2. The van der Waals surface area contributed by atoms with Crippen LogP contribution in [0.25, 0.3) is 11.5 Å². The fourth-order valence-electron chi connectivity index (χ4n) is 2.22. The Kier molecular flexibility index (Phi) is 5.90. The number of aryl methyl sites for hydroxylation is 1.